The fourth-order valence-corrected chi connectivity index (χ4v) is 2.42. The van der Waals surface area contributed by atoms with Crippen LogP contribution in [0.25, 0.3) is 0 Å². The van der Waals surface area contributed by atoms with Crippen LogP contribution in [0.15, 0.2) is 0 Å². The molecule has 1 fully saturated rings. The van der Waals surface area contributed by atoms with Crippen molar-refractivity contribution in [3.63, 3.8) is 0 Å². The Morgan fingerprint density at radius 1 is 1.58 bits per heavy atom. The summed E-state index contributed by atoms with van der Waals surface area (Å²) in [5, 5.41) is 11.2. The second kappa shape index (κ2) is 2.91. The monoisotopic (exact) mass is 192 g/mol. The number of primary sulfonamides is 1. The van der Waals surface area contributed by atoms with E-state index >= 15 is 0 Å². The van der Waals surface area contributed by atoms with Crippen LogP contribution in [0.4, 0.5) is 0 Å². The third-order valence-electron chi connectivity index (χ3n) is 1.89. The van der Waals surface area contributed by atoms with Crippen LogP contribution in [0.5, 0.6) is 0 Å². The van der Waals surface area contributed by atoms with Gasteiger partial charge in [0.15, 0.2) is 5.96 Å². The molecule has 70 valence electrons. The van der Waals surface area contributed by atoms with E-state index in [9.17, 15) is 8.42 Å². The zero-order valence-electron chi connectivity index (χ0n) is 6.53. The summed E-state index contributed by atoms with van der Waals surface area (Å²) in [5.74, 6) is -0.230. The lowest BCUT2D eigenvalue weighted by Crippen LogP contribution is -2.46. The molecule has 0 aromatic rings. The molecule has 0 amide bonds. The Morgan fingerprint density at radius 2 is 2.17 bits per heavy atom. The average Bonchev–Trinajstić information content (AvgIpc) is 2.30. The van der Waals surface area contributed by atoms with Crippen molar-refractivity contribution in [1.29, 1.82) is 5.41 Å². The summed E-state index contributed by atoms with van der Waals surface area (Å²) < 4.78 is 21.9. The highest BCUT2D eigenvalue weighted by Crippen LogP contribution is 2.19. The van der Waals surface area contributed by atoms with Gasteiger partial charge in [0.05, 0.1) is 0 Å². The number of hydrogen-bond acceptors (Lipinski definition) is 3. The lowest BCUT2D eigenvalue weighted by Gasteiger charge is -2.22. The van der Waals surface area contributed by atoms with Gasteiger partial charge in [0, 0.05) is 6.54 Å². The first kappa shape index (κ1) is 9.27. The van der Waals surface area contributed by atoms with Crippen molar-refractivity contribution in [2.75, 3.05) is 6.54 Å². The fourth-order valence-electron chi connectivity index (χ4n) is 1.35. The molecule has 12 heavy (non-hydrogen) atoms. The minimum atomic E-state index is -3.59. The molecule has 7 heteroatoms. The first-order valence-corrected chi connectivity index (χ1v) is 5.16. The van der Waals surface area contributed by atoms with Crippen LogP contribution in [0.2, 0.25) is 0 Å². The molecule has 0 radical (unpaired) electrons. The molecule has 1 rings (SSSR count). The van der Waals surface area contributed by atoms with Crippen LogP contribution in [0, 0.1) is 5.41 Å². The molecule has 1 aliphatic rings. The summed E-state index contributed by atoms with van der Waals surface area (Å²) in [7, 11) is -3.59. The van der Waals surface area contributed by atoms with Gasteiger partial charge in [-0.05, 0) is 12.8 Å². The third kappa shape index (κ3) is 1.67. The van der Waals surface area contributed by atoms with Crippen LogP contribution in [0.1, 0.15) is 12.8 Å². The van der Waals surface area contributed by atoms with Gasteiger partial charge < -0.3 is 10.6 Å². The summed E-state index contributed by atoms with van der Waals surface area (Å²) in [6.45, 7) is 0.496. The Hall–Kier alpha value is -0.820. The topological polar surface area (TPSA) is 113 Å². The number of nitrogens with two attached hydrogens (primary N) is 2. The smallest absolute Gasteiger partial charge is 0.230 e. The summed E-state index contributed by atoms with van der Waals surface area (Å²) in [6, 6.07) is 0. The summed E-state index contributed by atoms with van der Waals surface area (Å²) in [6.07, 6.45) is 1.17. The maximum Gasteiger partial charge on any atom is 0.230 e. The predicted octanol–water partition coefficient (Wildman–Crippen LogP) is -1.41. The highest BCUT2D eigenvalue weighted by molar-refractivity contribution is 7.89. The Bertz CT molecular complexity index is 286. The standard InChI is InChI=1S/C5H12N4O2S/c6-5(7)9-3-1-2-4(9)12(8,10)11/h4H,1-3H2,(H3,6,7)(H2,8,10,11). The number of nitrogens with one attached hydrogen (secondary N) is 1. The largest absolute Gasteiger partial charge is 0.370 e. The number of guanidine groups is 1. The van der Waals surface area contributed by atoms with E-state index in [1.165, 1.54) is 4.90 Å². The average molecular weight is 192 g/mol. The molecular formula is C5H12N4O2S. The quantitative estimate of drug-likeness (QED) is 0.350. The van der Waals surface area contributed by atoms with Gasteiger partial charge in [-0.3, -0.25) is 5.41 Å². The Labute approximate surface area is 71.1 Å². The lowest BCUT2D eigenvalue weighted by atomic mass is 10.4. The summed E-state index contributed by atoms with van der Waals surface area (Å²) in [4.78, 5) is 1.30. The van der Waals surface area contributed by atoms with E-state index < -0.39 is 15.4 Å². The number of hydrogen-bond donors (Lipinski definition) is 3. The first-order chi connectivity index (χ1) is 5.43. The molecule has 1 heterocycles. The zero-order chi connectivity index (χ0) is 9.35. The van der Waals surface area contributed by atoms with Crippen LogP contribution in [-0.4, -0.2) is 31.2 Å². The molecule has 0 aliphatic carbocycles. The Kier molecular flexibility index (Phi) is 2.25. The lowest BCUT2D eigenvalue weighted by molar-refractivity contribution is 0.449. The molecular weight excluding hydrogens is 180 g/mol. The zero-order valence-corrected chi connectivity index (χ0v) is 7.34. The highest BCUT2D eigenvalue weighted by Gasteiger charge is 2.33. The molecule has 0 spiro atoms. The van der Waals surface area contributed by atoms with E-state index in [1.807, 2.05) is 0 Å². The van der Waals surface area contributed by atoms with E-state index in [1.54, 1.807) is 0 Å². The summed E-state index contributed by atoms with van der Waals surface area (Å²) in [5.41, 5.74) is 5.17. The van der Waals surface area contributed by atoms with E-state index in [-0.39, 0.29) is 5.96 Å². The molecule has 1 aliphatic heterocycles. The minimum absolute atomic E-state index is 0.230. The van der Waals surface area contributed by atoms with Crippen molar-refractivity contribution in [3.05, 3.63) is 0 Å². The van der Waals surface area contributed by atoms with E-state index in [2.05, 4.69) is 0 Å². The number of sulfonamides is 1. The van der Waals surface area contributed by atoms with Crippen molar-refractivity contribution in [2.45, 2.75) is 18.2 Å². The molecule has 1 unspecified atom stereocenters. The Balaban J connectivity index is 2.85. The molecule has 1 atom stereocenters. The van der Waals surface area contributed by atoms with Crippen LogP contribution < -0.4 is 10.9 Å². The molecule has 0 saturated carbocycles. The van der Waals surface area contributed by atoms with Crippen LogP contribution in [0.3, 0.4) is 0 Å². The van der Waals surface area contributed by atoms with E-state index in [0.29, 0.717) is 19.4 Å². The first-order valence-electron chi connectivity index (χ1n) is 3.55. The van der Waals surface area contributed by atoms with E-state index in [4.69, 9.17) is 16.3 Å². The van der Waals surface area contributed by atoms with Gasteiger partial charge in [-0.2, -0.15) is 0 Å². The van der Waals surface area contributed by atoms with E-state index in [0.717, 1.165) is 0 Å². The van der Waals surface area contributed by atoms with Gasteiger partial charge >= 0.3 is 0 Å². The van der Waals surface area contributed by atoms with Gasteiger partial charge in [0.1, 0.15) is 5.37 Å². The summed E-state index contributed by atoms with van der Waals surface area (Å²) >= 11 is 0. The maximum absolute atomic E-state index is 10.9. The van der Waals surface area contributed by atoms with Gasteiger partial charge in [-0.1, -0.05) is 0 Å². The molecule has 5 N–H and O–H groups in total. The third-order valence-corrected chi connectivity index (χ3v) is 3.14. The SMILES string of the molecule is N=C(N)N1CCCC1S(N)(=O)=O. The number of nitrogens with zero attached hydrogens (tertiary/aromatic N) is 1. The molecule has 0 aromatic heterocycles. The van der Waals surface area contributed by atoms with Crippen molar-refractivity contribution >= 4 is 16.0 Å². The minimum Gasteiger partial charge on any atom is -0.370 e. The second-order valence-corrected chi connectivity index (χ2v) is 4.49. The van der Waals surface area contributed by atoms with Crippen LogP contribution >= 0.6 is 0 Å². The van der Waals surface area contributed by atoms with Crippen molar-refractivity contribution in [2.24, 2.45) is 10.9 Å². The van der Waals surface area contributed by atoms with Crippen molar-refractivity contribution in [1.82, 2.24) is 4.90 Å². The number of rotatable bonds is 1. The highest BCUT2D eigenvalue weighted by atomic mass is 32.2. The van der Waals surface area contributed by atoms with Gasteiger partial charge in [-0.15, -0.1) is 0 Å². The molecule has 0 bridgehead atoms. The molecule has 1 saturated heterocycles. The second-order valence-electron chi connectivity index (χ2n) is 2.76. The van der Waals surface area contributed by atoms with Gasteiger partial charge in [0.25, 0.3) is 0 Å². The Morgan fingerprint density at radius 3 is 2.50 bits per heavy atom. The molecule has 6 nitrogen and oxygen atoms in total. The van der Waals surface area contributed by atoms with Gasteiger partial charge in [-0.25, -0.2) is 13.6 Å². The molecule has 0 aromatic carbocycles. The van der Waals surface area contributed by atoms with Crippen molar-refractivity contribution < 1.29 is 8.42 Å². The predicted molar refractivity (Wildman–Crippen MR) is 44.7 cm³/mol. The fraction of sp³-hybridized carbons (Fsp3) is 0.800. The number of likely N-dealkylation sites (tertiary alicyclic amines) is 1. The normalized spacial score (nSPS) is 24.4. The van der Waals surface area contributed by atoms with Crippen molar-refractivity contribution in [3.8, 4) is 0 Å². The maximum atomic E-state index is 10.9. The van der Waals surface area contributed by atoms with Gasteiger partial charge in [0.2, 0.25) is 10.0 Å². The van der Waals surface area contributed by atoms with Crippen LogP contribution in [-0.2, 0) is 10.0 Å².